The predicted octanol–water partition coefficient (Wildman–Crippen LogP) is 4.15. The maximum absolute atomic E-state index is 12.7. The highest BCUT2D eigenvalue weighted by Crippen LogP contribution is 2.29. The largest absolute Gasteiger partial charge is 0.339 e. The van der Waals surface area contributed by atoms with Crippen molar-refractivity contribution in [2.75, 3.05) is 11.0 Å². The molecule has 0 aliphatic rings. The Balaban J connectivity index is 1.78. The van der Waals surface area contributed by atoms with Gasteiger partial charge in [-0.3, -0.25) is 9.52 Å². The molecule has 0 saturated heterocycles. The van der Waals surface area contributed by atoms with Gasteiger partial charge in [0.1, 0.15) is 0 Å². The van der Waals surface area contributed by atoms with Crippen molar-refractivity contribution >= 4 is 27.7 Å². The van der Waals surface area contributed by atoms with Crippen molar-refractivity contribution in [3.8, 4) is 0 Å². The standard InChI is InChI=1S/C24H24N2O3S/c1-24(20-9-5-3-6-10-20,21-11-7-4-8-12-21)25-23(27)18-15-19-13-16-22(17-14-19)26-30(2,28)29/h3-18,26H,1-2H3,(H,25,27)/b18-15+. The van der Waals surface area contributed by atoms with Crippen LogP contribution in [0.15, 0.2) is 91.0 Å². The van der Waals surface area contributed by atoms with E-state index in [1.54, 1.807) is 30.3 Å². The summed E-state index contributed by atoms with van der Waals surface area (Å²) in [5, 5.41) is 3.12. The highest BCUT2D eigenvalue weighted by atomic mass is 32.2. The Kier molecular flexibility index (Phi) is 6.37. The van der Waals surface area contributed by atoms with Gasteiger partial charge in [-0.15, -0.1) is 0 Å². The molecule has 0 aliphatic heterocycles. The molecule has 0 bridgehead atoms. The van der Waals surface area contributed by atoms with Crippen LogP contribution in [0.5, 0.6) is 0 Å². The van der Waals surface area contributed by atoms with E-state index in [-0.39, 0.29) is 5.91 Å². The summed E-state index contributed by atoms with van der Waals surface area (Å²) in [5.41, 5.74) is 2.53. The summed E-state index contributed by atoms with van der Waals surface area (Å²) in [6, 6.07) is 26.4. The lowest BCUT2D eigenvalue weighted by atomic mass is 9.84. The number of nitrogens with one attached hydrogen (secondary N) is 2. The van der Waals surface area contributed by atoms with Gasteiger partial charge < -0.3 is 5.32 Å². The smallest absolute Gasteiger partial charge is 0.244 e. The molecule has 3 rings (SSSR count). The lowest BCUT2D eigenvalue weighted by Gasteiger charge is -2.31. The highest BCUT2D eigenvalue weighted by Gasteiger charge is 2.29. The first kappa shape index (κ1) is 21.3. The molecule has 0 unspecified atom stereocenters. The Morgan fingerprint density at radius 1 is 0.833 bits per heavy atom. The monoisotopic (exact) mass is 420 g/mol. The van der Waals surface area contributed by atoms with Gasteiger partial charge in [-0.05, 0) is 41.8 Å². The molecule has 0 saturated carbocycles. The molecule has 0 aromatic heterocycles. The van der Waals surface area contributed by atoms with Crippen LogP contribution in [0.1, 0.15) is 23.6 Å². The highest BCUT2D eigenvalue weighted by molar-refractivity contribution is 7.92. The van der Waals surface area contributed by atoms with Crippen LogP contribution in [0, 0.1) is 0 Å². The molecule has 0 spiro atoms. The van der Waals surface area contributed by atoms with Crippen LogP contribution in [0.3, 0.4) is 0 Å². The second-order valence-corrected chi connectivity index (χ2v) is 8.92. The minimum atomic E-state index is -3.32. The van der Waals surface area contributed by atoms with E-state index in [0.717, 1.165) is 22.9 Å². The van der Waals surface area contributed by atoms with E-state index in [0.29, 0.717) is 5.69 Å². The molecule has 0 aliphatic carbocycles. The lowest BCUT2D eigenvalue weighted by molar-refractivity contribution is -0.117. The molecule has 0 heterocycles. The second-order valence-electron chi connectivity index (χ2n) is 7.18. The number of amides is 1. The fraction of sp³-hybridized carbons (Fsp3) is 0.125. The van der Waals surface area contributed by atoms with Gasteiger partial charge in [-0.2, -0.15) is 0 Å². The van der Waals surface area contributed by atoms with Gasteiger partial charge in [0.15, 0.2) is 0 Å². The molecule has 3 aromatic rings. The fourth-order valence-electron chi connectivity index (χ4n) is 3.19. The first-order valence-electron chi connectivity index (χ1n) is 9.45. The molecular formula is C24H24N2O3S. The van der Waals surface area contributed by atoms with Crippen molar-refractivity contribution in [1.29, 1.82) is 0 Å². The van der Waals surface area contributed by atoms with Gasteiger partial charge in [0.2, 0.25) is 15.9 Å². The van der Waals surface area contributed by atoms with Crippen LogP contribution in [-0.4, -0.2) is 20.6 Å². The van der Waals surface area contributed by atoms with E-state index in [4.69, 9.17) is 0 Å². The van der Waals surface area contributed by atoms with Crippen LogP contribution in [-0.2, 0) is 20.4 Å². The number of carbonyl (C=O) groups is 1. The van der Waals surface area contributed by atoms with Crippen LogP contribution >= 0.6 is 0 Å². The Labute approximate surface area is 177 Å². The first-order chi connectivity index (χ1) is 14.3. The fourth-order valence-corrected chi connectivity index (χ4v) is 3.75. The number of anilines is 1. The van der Waals surface area contributed by atoms with Gasteiger partial charge in [0.05, 0.1) is 11.8 Å². The molecular weight excluding hydrogens is 396 g/mol. The molecule has 30 heavy (non-hydrogen) atoms. The maximum atomic E-state index is 12.7. The number of hydrogen-bond donors (Lipinski definition) is 2. The summed E-state index contributed by atoms with van der Waals surface area (Å²) < 4.78 is 25.0. The van der Waals surface area contributed by atoms with Crippen molar-refractivity contribution in [1.82, 2.24) is 5.32 Å². The van der Waals surface area contributed by atoms with E-state index in [1.807, 2.05) is 67.6 Å². The minimum Gasteiger partial charge on any atom is -0.339 e. The zero-order valence-corrected chi connectivity index (χ0v) is 17.7. The topological polar surface area (TPSA) is 75.3 Å². The maximum Gasteiger partial charge on any atom is 0.244 e. The molecule has 6 heteroatoms. The van der Waals surface area contributed by atoms with E-state index < -0.39 is 15.6 Å². The van der Waals surface area contributed by atoms with Crippen LogP contribution in [0.25, 0.3) is 6.08 Å². The Bertz CT molecular complexity index is 1080. The third-order valence-electron chi connectivity index (χ3n) is 4.72. The van der Waals surface area contributed by atoms with Crippen molar-refractivity contribution in [2.24, 2.45) is 0 Å². The molecule has 0 atom stereocenters. The quantitative estimate of drug-likeness (QED) is 0.564. The number of benzene rings is 3. The summed E-state index contributed by atoms with van der Waals surface area (Å²) in [4.78, 5) is 12.7. The van der Waals surface area contributed by atoms with Crippen molar-refractivity contribution in [3.05, 3.63) is 108 Å². The van der Waals surface area contributed by atoms with Crippen LogP contribution in [0.4, 0.5) is 5.69 Å². The normalized spacial score (nSPS) is 11.9. The van der Waals surface area contributed by atoms with Gasteiger partial charge in [-0.1, -0.05) is 72.8 Å². The van der Waals surface area contributed by atoms with Crippen LogP contribution in [0.2, 0.25) is 0 Å². The van der Waals surface area contributed by atoms with Crippen molar-refractivity contribution in [3.63, 3.8) is 0 Å². The lowest BCUT2D eigenvalue weighted by Crippen LogP contribution is -2.43. The average molecular weight is 421 g/mol. The molecule has 0 radical (unpaired) electrons. The number of hydrogen-bond acceptors (Lipinski definition) is 3. The predicted molar refractivity (Wildman–Crippen MR) is 121 cm³/mol. The number of rotatable bonds is 7. The number of sulfonamides is 1. The SMILES string of the molecule is CC(NC(=O)/C=C/c1ccc(NS(C)(=O)=O)cc1)(c1ccccc1)c1ccccc1. The third-order valence-corrected chi connectivity index (χ3v) is 5.32. The zero-order chi connectivity index (χ0) is 21.6. The summed E-state index contributed by atoms with van der Waals surface area (Å²) in [6.07, 6.45) is 4.26. The summed E-state index contributed by atoms with van der Waals surface area (Å²) in [7, 11) is -3.32. The van der Waals surface area contributed by atoms with Gasteiger partial charge in [-0.25, -0.2) is 8.42 Å². The Hall–Kier alpha value is -3.38. The first-order valence-corrected chi connectivity index (χ1v) is 11.3. The molecule has 2 N–H and O–H groups in total. The van der Waals surface area contributed by atoms with Crippen LogP contribution < -0.4 is 10.0 Å². The van der Waals surface area contributed by atoms with E-state index in [2.05, 4.69) is 10.0 Å². The molecule has 0 fully saturated rings. The van der Waals surface area contributed by atoms with Crippen molar-refractivity contribution < 1.29 is 13.2 Å². The average Bonchev–Trinajstić information content (AvgIpc) is 2.73. The van der Waals surface area contributed by atoms with Gasteiger partial charge >= 0.3 is 0 Å². The summed E-state index contributed by atoms with van der Waals surface area (Å²) in [6.45, 7) is 1.98. The third kappa shape index (κ3) is 5.58. The summed E-state index contributed by atoms with van der Waals surface area (Å²) in [5.74, 6) is -0.233. The van der Waals surface area contributed by atoms with Gasteiger partial charge in [0, 0.05) is 11.8 Å². The molecule has 3 aromatic carbocycles. The summed E-state index contributed by atoms with van der Waals surface area (Å²) >= 11 is 0. The zero-order valence-electron chi connectivity index (χ0n) is 16.9. The molecule has 1 amide bonds. The molecule has 5 nitrogen and oxygen atoms in total. The van der Waals surface area contributed by atoms with E-state index >= 15 is 0 Å². The Morgan fingerprint density at radius 3 is 1.80 bits per heavy atom. The van der Waals surface area contributed by atoms with E-state index in [1.165, 1.54) is 6.08 Å². The molecule has 154 valence electrons. The minimum absolute atomic E-state index is 0.233. The Morgan fingerprint density at radius 2 is 1.33 bits per heavy atom. The van der Waals surface area contributed by atoms with Gasteiger partial charge in [0.25, 0.3) is 0 Å². The number of carbonyl (C=O) groups excluding carboxylic acids is 1. The second kappa shape index (κ2) is 8.97. The van der Waals surface area contributed by atoms with Crippen molar-refractivity contribution in [2.45, 2.75) is 12.5 Å². The van der Waals surface area contributed by atoms with E-state index in [9.17, 15) is 13.2 Å².